The van der Waals surface area contributed by atoms with E-state index in [1.165, 1.54) is 0 Å². The van der Waals surface area contributed by atoms with Crippen LogP contribution in [-0.2, 0) is 9.84 Å². The van der Waals surface area contributed by atoms with Crippen LogP contribution >= 0.6 is 0 Å². The van der Waals surface area contributed by atoms with E-state index in [0.717, 1.165) is 32.9 Å². The third-order valence-electron chi connectivity index (χ3n) is 5.20. The second kappa shape index (κ2) is 4.87. The van der Waals surface area contributed by atoms with Crippen LogP contribution in [-0.4, -0.2) is 20.9 Å². The van der Waals surface area contributed by atoms with Crippen molar-refractivity contribution in [2.45, 2.75) is 29.4 Å². The quantitative estimate of drug-likeness (QED) is 0.372. The number of benzene rings is 3. The van der Waals surface area contributed by atoms with Gasteiger partial charge in [-0.2, -0.15) is 0 Å². The van der Waals surface area contributed by atoms with E-state index in [4.69, 9.17) is 0 Å². The molecule has 5 heteroatoms. The number of fused-ring (bicyclic) bond motifs is 7. The molecule has 26 heavy (non-hydrogen) atoms. The largest absolute Gasteiger partial charge is 0.367 e. The van der Waals surface area contributed by atoms with E-state index in [-0.39, 0.29) is 0 Å². The number of hydrogen-bond acceptors (Lipinski definition) is 2. The predicted molar refractivity (Wildman–Crippen MR) is 109 cm³/mol. The topological polar surface area (TPSA) is 39.1 Å². The molecule has 0 fully saturated rings. The molecule has 0 unspecified atom stereocenters. The van der Waals surface area contributed by atoms with Crippen molar-refractivity contribution < 1.29 is 8.42 Å². The van der Waals surface area contributed by atoms with E-state index in [0.29, 0.717) is 9.79 Å². The molecule has 3 nitrogen and oxygen atoms in total. The summed E-state index contributed by atoms with van der Waals surface area (Å²) >= 11 is 0. The molecule has 0 spiro atoms. The van der Waals surface area contributed by atoms with Crippen molar-refractivity contribution in [3.8, 4) is 11.1 Å². The van der Waals surface area contributed by atoms with Gasteiger partial charge in [0, 0.05) is 27.4 Å². The van der Waals surface area contributed by atoms with Gasteiger partial charge in [0.25, 0.3) is 0 Å². The maximum absolute atomic E-state index is 13.4. The average Bonchev–Trinajstić information content (AvgIpc) is 3.05. The van der Waals surface area contributed by atoms with Crippen LogP contribution in [0, 0.1) is 0 Å². The zero-order valence-electron chi connectivity index (χ0n) is 14.9. The molecule has 0 amide bonds. The van der Waals surface area contributed by atoms with Crippen LogP contribution in [0.4, 0.5) is 0 Å². The molecule has 0 saturated heterocycles. The van der Waals surface area contributed by atoms with Crippen LogP contribution in [0.5, 0.6) is 0 Å². The summed E-state index contributed by atoms with van der Waals surface area (Å²) in [7, 11) is -5.39. The lowest BCUT2D eigenvalue weighted by Gasteiger charge is -2.23. The van der Waals surface area contributed by atoms with E-state index in [1.54, 1.807) is 12.1 Å². The molecule has 2 heterocycles. The fraction of sp³-hybridized carbons (Fsp3) is 0.143. The van der Waals surface area contributed by atoms with Gasteiger partial charge in [-0.1, -0.05) is 68.2 Å². The molecule has 3 aromatic carbocycles. The zero-order chi connectivity index (χ0) is 18.3. The van der Waals surface area contributed by atoms with Gasteiger partial charge >= 0.3 is 0 Å². The Bertz CT molecular complexity index is 1330. The number of hydrogen-bond donors (Lipinski definition) is 0. The fourth-order valence-corrected chi connectivity index (χ4v) is 8.01. The number of nitrogens with zero attached hydrogens (tertiary/aromatic N) is 1. The Morgan fingerprint density at radius 2 is 1.46 bits per heavy atom. The van der Waals surface area contributed by atoms with Crippen LogP contribution in [0.1, 0.15) is 0 Å². The number of rotatable bonds is 1. The summed E-state index contributed by atoms with van der Waals surface area (Å²) in [5, 5.41) is 2.15. The lowest BCUT2D eigenvalue weighted by Crippen LogP contribution is -2.32. The highest BCUT2D eigenvalue weighted by molar-refractivity contribution is 7.92. The molecule has 0 saturated carbocycles. The van der Waals surface area contributed by atoms with Crippen molar-refractivity contribution in [1.29, 1.82) is 0 Å². The van der Waals surface area contributed by atoms with Gasteiger partial charge < -0.3 is 4.23 Å². The van der Waals surface area contributed by atoms with Gasteiger partial charge in [0.2, 0.25) is 9.84 Å². The van der Waals surface area contributed by atoms with E-state index in [1.807, 2.05) is 30.3 Å². The van der Waals surface area contributed by atoms with Crippen LogP contribution in [0.15, 0.2) is 70.5 Å². The van der Waals surface area contributed by atoms with Crippen molar-refractivity contribution >= 4 is 39.9 Å². The van der Waals surface area contributed by atoms with Gasteiger partial charge in [0.05, 0.1) is 10.4 Å². The summed E-state index contributed by atoms with van der Waals surface area (Å²) in [6, 6.07) is 19.6. The molecule has 1 aliphatic rings. The first-order chi connectivity index (χ1) is 12.3. The maximum Gasteiger partial charge on any atom is 0.209 e. The molecule has 1 aliphatic heterocycles. The van der Waals surface area contributed by atoms with Gasteiger partial charge in [0.15, 0.2) is 8.24 Å². The highest BCUT2D eigenvalue weighted by Crippen LogP contribution is 2.48. The zero-order valence-corrected chi connectivity index (χ0v) is 16.8. The van der Waals surface area contributed by atoms with E-state index in [2.05, 4.69) is 42.1 Å². The minimum atomic E-state index is -3.52. The molecule has 1 aromatic heterocycles. The van der Waals surface area contributed by atoms with Gasteiger partial charge in [-0.15, -0.1) is 0 Å². The Kier molecular flexibility index (Phi) is 2.97. The molecule has 0 bridgehead atoms. The average molecular weight is 378 g/mol. The molecular weight excluding hydrogens is 358 g/mol. The van der Waals surface area contributed by atoms with Crippen molar-refractivity contribution in [1.82, 2.24) is 4.23 Å². The molecule has 5 rings (SSSR count). The molecule has 0 radical (unpaired) electrons. The molecule has 0 aliphatic carbocycles. The normalized spacial score (nSPS) is 15.3. The summed E-state index contributed by atoms with van der Waals surface area (Å²) in [5.41, 5.74) is 3.65. The Morgan fingerprint density at radius 1 is 0.769 bits per heavy atom. The Balaban J connectivity index is 2.10. The fourth-order valence-electron chi connectivity index (χ4n) is 4.24. The van der Waals surface area contributed by atoms with Crippen molar-refractivity contribution in [2.24, 2.45) is 0 Å². The highest BCUT2D eigenvalue weighted by atomic mass is 32.2. The summed E-state index contributed by atoms with van der Waals surface area (Å²) in [6.07, 6.45) is 0. The minimum absolute atomic E-state index is 0.426. The number of para-hydroxylation sites is 1. The van der Waals surface area contributed by atoms with E-state index < -0.39 is 18.1 Å². The second-order valence-corrected chi connectivity index (χ2v) is 14.5. The minimum Gasteiger partial charge on any atom is -0.367 e. The molecule has 0 atom stereocenters. The first-order valence-corrected chi connectivity index (χ1v) is 13.7. The van der Waals surface area contributed by atoms with Crippen LogP contribution < -0.4 is 0 Å². The first kappa shape index (κ1) is 15.8. The third kappa shape index (κ3) is 1.84. The maximum atomic E-state index is 13.4. The van der Waals surface area contributed by atoms with Crippen molar-refractivity contribution in [3.05, 3.63) is 60.7 Å². The number of aromatic nitrogens is 1. The van der Waals surface area contributed by atoms with Gasteiger partial charge in [-0.05, 0) is 12.1 Å². The van der Waals surface area contributed by atoms with Gasteiger partial charge in [-0.3, -0.25) is 0 Å². The van der Waals surface area contributed by atoms with Gasteiger partial charge in [-0.25, -0.2) is 8.42 Å². The Labute approximate surface area is 153 Å². The molecule has 130 valence electrons. The lowest BCUT2D eigenvalue weighted by molar-refractivity contribution is 0.599. The van der Waals surface area contributed by atoms with Crippen LogP contribution in [0.25, 0.3) is 32.9 Å². The molecule has 0 N–H and O–H groups in total. The molecular formula is C21H19NO2SSi. The number of sulfone groups is 1. The highest BCUT2D eigenvalue weighted by Gasteiger charge is 2.37. The first-order valence-electron chi connectivity index (χ1n) is 8.73. The molecule has 4 aromatic rings. The van der Waals surface area contributed by atoms with E-state index in [9.17, 15) is 8.42 Å². The Morgan fingerprint density at radius 3 is 2.23 bits per heavy atom. The monoisotopic (exact) mass is 377 g/mol. The predicted octanol–water partition coefficient (Wildman–Crippen LogP) is 5.29. The Hall–Kier alpha value is -2.37. The second-order valence-electron chi connectivity index (χ2n) is 7.86. The summed E-state index contributed by atoms with van der Waals surface area (Å²) in [4.78, 5) is 0.907. The van der Waals surface area contributed by atoms with E-state index >= 15 is 0 Å². The third-order valence-corrected chi connectivity index (χ3v) is 8.89. The van der Waals surface area contributed by atoms with Crippen LogP contribution in [0.3, 0.4) is 0 Å². The van der Waals surface area contributed by atoms with Crippen LogP contribution in [0.2, 0.25) is 19.6 Å². The van der Waals surface area contributed by atoms with Crippen molar-refractivity contribution in [3.63, 3.8) is 0 Å². The summed E-state index contributed by atoms with van der Waals surface area (Å²) in [6.45, 7) is 6.77. The lowest BCUT2D eigenvalue weighted by atomic mass is 10.0. The van der Waals surface area contributed by atoms with Gasteiger partial charge in [0.1, 0.15) is 4.90 Å². The smallest absolute Gasteiger partial charge is 0.209 e. The SMILES string of the molecule is C[Si](C)(C)n1c2ccccc2c2ccc3c(c21)S(=O)(=O)c1ccccc1-3. The van der Waals surface area contributed by atoms with Crippen molar-refractivity contribution in [2.75, 3.05) is 0 Å². The summed E-state index contributed by atoms with van der Waals surface area (Å²) in [5.74, 6) is 0. The summed E-state index contributed by atoms with van der Waals surface area (Å²) < 4.78 is 29.2. The standard InChI is InChI=1S/C21H19NO2SSi/c1-26(2,3)22-18-10-6-4-8-14(18)16-12-13-17-15-9-5-7-11-19(15)25(23,24)21(17)20(16)22/h4-13H,1-3H3.